The maximum Gasteiger partial charge on any atom is 0.330 e. The molecule has 1 saturated heterocycles. The van der Waals surface area contributed by atoms with Crippen molar-refractivity contribution >= 4 is 17.8 Å². The number of likely N-dealkylation sites (tertiary alicyclic amines) is 1. The number of nitrogens with zero attached hydrogens (tertiary/aromatic N) is 3. The molecule has 1 fully saturated rings. The number of benzene rings is 1. The van der Waals surface area contributed by atoms with Crippen molar-refractivity contribution in [2.75, 3.05) is 7.11 Å². The number of amides is 2. The van der Waals surface area contributed by atoms with E-state index < -0.39 is 30.0 Å². The molecular formula is C25H29N3O6. The zero-order chi connectivity index (χ0) is 24.4. The number of rotatable bonds is 8. The number of carbonyl (C=O) groups is 3. The molecule has 4 rings (SSSR count). The minimum atomic E-state index is -0.989. The highest BCUT2D eigenvalue weighted by molar-refractivity contribution is 6.08. The van der Waals surface area contributed by atoms with Gasteiger partial charge < -0.3 is 13.9 Å². The molecule has 4 atom stereocenters. The first-order chi connectivity index (χ1) is 16.3. The molecule has 9 heteroatoms. The molecule has 1 aliphatic heterocycles. The zero-order valence-corrected chi connectivity index (χ0v) is 19.8. The van der Waals surface area contributed by atoms with Crippen LogP contribution in [-0.4, -0.2) is 46.0 Å². The highest BCUT2D eigenvalue weighted by atomic mass is 16.6. The van der Waals surface area contributed by atoms with Crippen LogP contribution in [0, 0.1) is 17.8 Å². The quantitative estimate of drug-likeness (QED) is 0.328. The van der Waals surface area contributed by atoms with E-state index in [2.05, 4.69) is 10.2 Å². The summed E-state index contributed by atoms with van der Waals surface area (Å²) in [7, 11) is 1.58. The summed E-state index contributed by atoms with van der Waals surface area (Å²) in [6.45, 7) is 5.48. The number of ether oxygens (including phenoxy) is 2. The number of hydrogen-bond donors (Lipinski definition) is 0. The molecular weight excluding hydrogens is 438 g/mol. The van der Waals surface area contributed by atoms with Gasteiger partial charge in [-0.15, -0.1) is 10.2 Å². The molecule has 34 heavy (non-hydrogen) atoms. The van der Waals surface area contributed by atoms with Crippen LogP contribution >= 0.6 is 0 Å². The number of aromatic nitrogens is 2. The standard InChI is InChI=1S/C25H29N3O6/c1-14(2)13-20(28-23(29)18-7-5-6-8-19(18)24(28)30)25(31)33-15(3)21-26-27-22(34-21)16-9-11-17(32-4)12-10-16/h5-6,9-12,14-15,18-20H,7-8,13H2,1-4H3. The Bertz CT molecular complexity index is 1060. The Morgan fingerprint density at radius 1 is 1.06 bits per heavy atom. The molecule has 2 amide bonds. The molecule has 1 aromatic heterocycles. The van der Waals surface area contributed by atoms with Crippen molar-refractivity contribution in [1.82, 2.24) is 15.1 Å². The first-order valence-corrected chi connectivity index (χ1v) is 11.5. The average Bonchev–Trinajstić information content (AvgIpc) is 3.42. The van der Waals surface area contributed by atoms with E-state index >= 15 is 0 Å². The Kier molecular flexibility index (Phi) is 6.81. The second-order valence-electron chi connectivity index (χ2n) is 9.10. The summed E-state index contributed by atoms with van der Waals surface area (Å²) in [5.74, 6) is -0.883. The molecule has 0 radical (unpaired) electrons. The van der Waals surface area contributed by atoms with Gasteiger partial charge in [0.05, 0.1) is 18.9 Å². The first kappa shape index (κ1) is 23.7. The Balaban J connectivity index is 1.49. The molecule has 0 spiro atoms. The highest BCUT2D eigenvalue weighted by Crippen LogP contribution is 2.37. The van der Waals surface area contributed by atoms with E-state index in [1.165, 1.54) is 0 Å². The minimum Gasteiger partial charge on any atom is -0.497 e. The lowest BCUT2D eigenvalue weighted by molar-refractivity contribution is -0.163. The van der Waals surface area contributed by atoms with Crippen molar-refractivity contribution in [3.05, 3.63) is 42.3 Å². The summed E-state index contributed by atoms with van der Waals surface area (Å²) in [5, 5.41) is 8.05. The topological polar surface area (TPSA) is 112 Å². The highest BCUT2D eigenvalue weighted by Gasteiger charge is 2.51. The lowest BCUT2D eigenvalue weighted by Gasteiger charge is -2.27. The lowest BCUT2D eigenvalue weighted by Crippen LogP contribution is -2.47. The van der Waals surface area contributed by atoms with Gasteiger partial charge in [0.25, 0.3) is 5.89 Å². The van der Waals surface area contributed by atoms with Crippen molar-refractivity contribution in [2.45, 2.75) is 52.2 Å². The van der Waals surface area contributed by atoms with Gasteiger partial charge in [-0.1, -0.05) is 26.0 Å². The maximum atomic E-state index is 13.2. The third-order valence-corrected chi connectivity index (χ3v) is 6.24. The fourth-order valence-electron chi connectivity index (χ4n) is 4.44. The van der Waals surface area contributed by atoms with Crippen molar-refractivity contribution < 1.29 is 28.3 Å². The van der Waals surface area contributed by atoms with E-state index in [1.807, 2.05) is 26.0 Å². The van der Waals surface area contributed by atoms with Crippen LogP contribution in [0.3, 0.4) is 0 Å². The second-order valence-corrected chi connectivity index (χ2v) is 9.10. The van der Waals surface area contributed by atoms with Gasteiger partial charge in [-0.3, -0.25) is 14.5 Å². The Morgan fingerprint density at radius 3 is 2.24 bits per heavy atom. The summed E-state index contributed by atoms with van der Waals surface area (Å²) < 4.78 is 16.5. The van der Waals surface area contributed by atoms with E-state index in [9.17, 15) is 14.4 Å². The van der Waals surface area contributed by atoms with E-state index in [-0.39, 0.29) is 29.5 Å². The molecule has 2 aliphatic rings. The summed E-state index contributed by atoms with van der Waals surface area (Å²) in [6, 6.07) is 6.12. The summed E-state index contributed by atoms with van der Waals surface area (Å²) >= 11 is 0. The minimum absolute atomic E-state index is 0.0688. The number of carbonyl (C=O) groups excluding carboxylic acids is 3. The lowest BCUT2D eigenvalue weighted by atomic mass is 9.85. The van der Waals surface area contributed by atoms with E-state index in [4.69, 9.17) is 13.9 Å². The van der Waals surface area contributed by atoms with Crippen molar-refractivity contribution in [1.29, 1.82) is 0 Å². The largest absolute Gasteiger partial charge is 0.497 e. The number of fused-ring (bicyclic) bond motifs is 1. The van der Waals surface area contributed by atoms with Crippen LogP contribution in [0.2, 0.25) is 0 Å². The fourth-order valence-corrected chi connectivity index (χ4v) is 4.44. The predicted octanol–water partition coefficient (Wildman–Crippen LogP) is 3.72. The van der Waals surface area contributed by atoms with Gasteiger partial charge in [0.2, 0.25) is 17.7 Å². The van der Waals surface area contributed by atoms with E-state index in [1.54, 1.807) is 38.3 Å². The van der Waals surface area contributed by atoms with Crippen LogP contribution in [-0.2, 0) is 19.1 Å². The van der Waals surface area contributed by atoms with E-state index in [0.717, 1.165) is 4.90 Å². The number of allylic oxidation sites excluding steroid dienone is 2. The third kappa shape index (κ3) is 4.60. The number of hydrogen-bond acceptors (Lipinski definition) is 8. The van der Waals surface area contributed by atoms with Crippen molar-refractivity contribution in [2.24, 2.45) is 17.8 Å². The molecule has 1 aromatic carbocycles. The van der Waals surface area contributed by atoms with Gasteiger partial charge in [-0.05, 0) is 56.4 Å². The Hall–Kier alpha value is -3.49. The summed E-state index contributed by atoms with van der Waals surface area (Å²) in [4.78, 5) is 40.4. The SMILES string of the molecule is COc1ccc(-c2nnc(C(C)OC(=O)C(CC(C)C)N3C(=O)C4CC=CCC4C3=O)o2)cc1. The van der Waals surface area contributed by atoms with Gasteiger partial charge >= 0.3 is 5.97 Å². The maximum absolute atomic E-state index is 13.2. The van der Waals surface area contributed by atoms with Gasteiger partial charge in [0, 0.05) is 5.56 Å². The van der Waals surface area contributed by atoms with Gasteiger partial charge in [-0.2, -0.15) is 0 Å². The number of esters is 1. The van der Waals surface area contributed by atoms with Crippen LogP contribution in [0.15, 0.2) is 40.8 Å². The Labute approximate surface area is 198 Å². The Morgan fingerprint density at radius 2 is 1.68 bits per heavy atom. The molecule has 2 aromatic rings. The van der Waals surface area contributed by atoms with Crippen LogP contribution in [0.5, 0.6) is 5.75 Å². The number of methoxy groups -OCH3 is 1. The monoisotopic (exact) mass is 467 g/mol. The summed E-state index contributed by atoms with van der Waals surface area (Å²) in [6.07, 6.45) is 4.34. The number of imide groups is 1. The molecule has 0 bridgehead atoms. The van der Waals surface area contributed by atoms with Crippen LogP contribution < -0.4 is 4.74 Å². The predicted molar refractivity (Wildman–Crippen MR) is 121 cm³/mol. The van der Waals surface area contributed by atoms with Crippen LogP contribution in [0.4, 0.5) is 0 Å². The molecule has 4 unspecified atom stereocenters. The normalized spacial score (nSPS) is 21.5. The van der Waals surface area contributed by atoms with E-state index in [0.29, 0.717) is 30.6 Å². The van der Waals surface area contributed by atoms with Crippen molar-refractivity contribution in [3.8, 4) is 17.2 Å². The third-order valence-electron chi connectivity index (χ3n) is 6.24. The van der Waals surface area contributed by atoms with Crippen LogP contribution in [0.25, 0.3) is 11.5 Å². The first-order valence-electron chi connectivity index (χ1n) is 11.5. The van der Waals surface area contributed by atoms with Crippen LogP contribution in [0.1, 0.15) is 52.0 Å². The molecule has 0 saturated carbocycles. The molecule has 9 nitrogen and oxygen atoms in total. The molecule has 0 N–H and O–H groups in total. The van der Waals surface area contributed by atoms with Crippen molar-refractivity contribution in [3.63, 3.8) is 0 Å². The average molecular weight is 468 g/mol. The fraction of sp³-hybridized carbons (Fsp3) is 0.480. The smallest absolute Gasteiger partial charge is 0.330 e. The van der Waals surface area contributed by atoms with Gasteiger partial charge in [0.15, 0.2) is 6.10 Å². The molecule has 1 aliphatic carbocycles. The summed E-state index contributed by atoms with van der Waals surface area (Å²) in [5.41, 5.74) is 0.695. The van der Waals surface area contributed by atoms with Gasteiger partial charge in [0.1, 0.15) is 11.8 Å². The molecule has 180 valence electrons. The van der Waals surface area contributed by atoms with Gasteiger partial charge in [-0.25, -0.2) is 4.79 Å². The second kappa shape index (κ2) is 9.79. The zero-order valence-electron chi connectivity index (χ0n) is 19.8. The molecule has 2 heterocycles.